The molecule has 11 heteroatoms. The molecule has 0 aromatic heterocycles. The summed E-state index contributed by atoms with van der Waals surface area (Å²) in [5, 5.41) is 4.85. The van der Waals surface area contributed by atoms with Crippen molar-refractivity contribution in [2.75, 3.05) is 32.7 Å². The summed E-state index contributed by atoms with van der Waals surface area (Å²) in [6.45, 7) is 4.28. The van der Waals surface area contributed by atoms with Crippen molar-refractivity contribution < 1.29 is 31.7 Å². The van der Waals surface area contributed by atoms with Crippen LogP contribution in [0.5, 0.6) is 0 Å². The van der Waals surface area contributed by atoms with E-state index in [0.717, 1.165) is 33.8 Å². The highest BCUT2D eigenvalue weighted by Gasteiger charge is 2.35. The molecular weight excluding hydrogens is 394 g/mol. The van der Waals surface area contributed by atoms with Gasteiger partial charge >= 0.3 is 6.03 Å². The van der Waals surface area contributed by atoms with E-state index in [4.69, 9.17) is 0 Å². The number of benzene rings is 1. The Kier molecular flexibility index (Phi) is 7.44. The fourth-order valence-corrected chi connectivity index (χ4v) is 4.39. The van der Waals surface area contributed by atoms with Gasteiger partial charge in [0.05, 0.1) is 26.2 Å². The van der Waals surface area contributed by atoms with Crippen LogP contribution in [0.25, 0.3) is 0 Å². The van der Waals surface area contributed by atoms with Gasteiger partial charge in [0, 0.05) is 6.04 Å². The maximum Gasteiger partial charge on any atom is 0.321 e. The molecule has 0 bridgehead atoms. The van der Waals surface area contributed by atoms with Crippen molar-refractivity contribution in [2.45, 2.75) is 31.2 Å². The minimum atomic E-state index is -4.31. The Labute approximate surface area is 162 Å². The highest BCUT2D eigenvalue weighted by molar-refractivity contribution is 7.89. The minimum Gasteiger partial charge on any atom is -0.335 e. The molecule has 3 amide bonds. The zero-order valence-corrected chi connectivity index (χ0v) is 16.6. The van der Waals surface area contributed by atoms with Crippen molar-refractivity contribution in [1.82, 2.24) is 14.9 Å². The van der Waals surface area contributed by atoms with Gasteiger partial charge in [-0.1, -0.05) is 13.0 Å². The van der Waals surface area contributed by atoms with Crippen LogP contribution in [-0.4, -0.2) is 63.4 Å². The third-order valence-electron chi connectivity index (χ3n) is 4.60. The quantitative estimate of drug-likeness (QED) is 0.578. The number of nitrogens with one attached hydrogen (secondary N) is 3. The van der Waals surface area contributed by atoms with Gasteiger partial charge in [-0.15, -0.1) is 0 Å². The molecule has 0 aliphatic carbocycles. The van der Waals surface area contributed by atoms with Crippen molar-refractivity contribution >= 4 is 22.0 Å². The molecule has 0 saturated carbocycles. The first-order valence-corrected chi connectivity index (χ1v) is 10.5. The fourth-order valence-electron chi connectivity index (χ4n) is 2.84. The lowest BCUT2D eigenvalue weighted by atomic mass is 10.3. The smallest absolute Gasteiger partial charge is 0.321 e. The average molecular weight is 419 g/mol. The van der Waals surface area contributed by atoms with E-state index >= 15 is 0 Å². The fraction of sp³-hybridized carbons (Fsp3) is 0.529. The number of amides is 3. The van der Waals surface area contributed by atoms with Crippen molar-refractivity contribution in [3.8, 4) is 0 Å². The van der Waals surface area contributed by atoms with E-state index in [1.54, 1.807) is 0 Å². The topological polar surface area (TPSA) is 100 Å². The molecule has 1 saturated heterocycles. The van der Waals surface area contributed by atoms with Crippen molar-refractivity contribution in [1.29, 1.82) is 0 Å². The number of imide groups is 1. The van der Waals surface area contributed by atoms with Crippen LogP contribution in [0.4, 0.5) is 13.6 Å². The monoisotopic (exact) mass is 419 g/mol. The number of hydrogen-bond acceptors (Lipinski definition) is 4. The van der Waals surface area contributed by atoms with Gasteiger partial charge < -0.3 is 10.2 Å². The molecule has 1 aliphatic rings. The third-order valence-corrected chi connectivity index (χ3v) is 6.55. The number of rotatable bonds is 6. The molecule has 0 unspecified atom stereocenters. The number of urea groups is 1. The van der Waals surface area contributed by atoms with Gasteiger partial charge in [0.25, 0.3) is 5.91 Å². The van der Waals surface area contributed by atoms with Gasteiger partial charge in [-0.25, -0.2) is 22.0 Å². The second-order valence-corrected chi connectivity index (χ2v) is 8.59. The Hall–Kier alpha value is -2.11. The Morgan fingerprint density at radius 2 is 1.79 bits per heavy atom. The second-order valence-electron chi connectivity index (χ2n) is 6.71. The van der Waals surface area contributed by atoms with Crippen LogP contribution in [0.3, 0.4) is 0 Å². The van der Waals surface area contributed by atoms with Gasteiger partial charge in [-0.3, -0.25) is 10.1 Å². The molecule has 28 heavy (non-hydrogen) atoms. The number of hydrogen-bond donors (Lipinski definition) is 3. The van der Waals surface area contributed by atoms with E-state index in [1.165, 1.54) is 0 Å². The molecule has 1 aromatic carbocycles. The molecule has 1 atom stereocenters. The molecule has 3 N–H and O–H groups in total. The molecule has 1 heterocycles. The molecule has 156 valence electrons. The summed E-state index contributed by atoms with van der Waals surface area (Å²) in [6.07, 6.45) is 0.728. The zero-order valence-electron chi connectivity index (χ0n) is 15.8. The van der Waals surface area contributed by atoms with Gasteiger partial charge in [-0.05, 0) is 25.5 Å². The highest BCUT2D eigenvalue weighted by atomic mass is 32.2. The average Bonchev–Trinajstić information content (AvgIpc) is 2.61. The SMILES string of the molecule is CC[C@H](C)NC(=O)NC(=O)C[NH+]1CCN(S(=O)(=O)c2c(F)cccc2F)CC1. The van der Waals surface area contributed by atoms with E-state index in [9.17, 15) is 26.8 Å². The number of nitrogens with zero attached hydrogens (tertiary/aromatic N) is 1. The van der Waals surface area contributed by atoms with Crippen molar-refractivity contribution in [3.63, 3.8) is 0 Å². The molecule has 2 rings (SSSR count). The highest BCUT2D eigenvalue weighted by Crippen LogP contribution is 2.22. The lowest BCUT2D eigenvalue weighted by molar-refractivity contribution is -0.895. The summed E-state index contributed by atoms with van der Waals surface area (Å²) in [5.74, 6) is -2.75. The summed E-state index contributed by atoms with van der Waals surface area (Å²) in [6, 6.07) is 2.25. The number of halogens is 2. The lowest BCUT2D eigenvalue weighted by Gasteiger charge is -2.31. The van der Waals surface area contributed by atoms with Crippen molar-refractivity contribution in [2.24, 2.45) is 0 Å². The Balaban J connectivity index is 1.90. The van der Waals surface area contributed by atoms with Gasteiger partial charge in [0.15, 0.2) is 11.4 Å². The number of sulfonamides is 1. The van der Waals surface area contributed by atoms with Gasteiger partial charge in [0.2, 0.25) is 10.0 Å². The third kappa shape index (κ3) is 5.46. The Bertz CT molecular complexity index is 806. The predicted octanol–water partition coefficient (Wildman–Crippen LogP) is -0.522. The van der Waals surface area contributed by atoms with Crippen LogP contribution in [0.1, 0.15) is 20.3 Å². The normalized spacial score (nSPS) is 17.1. The first-order valence-electron chi connectivity index (χ1n) is 9.03. The number of piperazine rings is 1. The van der Waals surface area contributed by atoms with E-state index in [0.29, 0.717) is 0 Å². The molecule has 1 aliphatic heterocycles. The van der Waals surface area contributed by atoms with E-state index in [2.05, 4.69) is 10.6 Å². The first kappa shape index (κ1) is 22.2. The standard InChI is InChI=1S/C17H24F2N4O4S/c1-3-12(2)20-17(25)21-15(24)11-22-7-9-23(10-8-22)28(26,27)16-13(18)5-4-6-14(16)19/h4-6,12H,3,7-11H2,1-2H3,(H2,20,21,24,25)/p+1/t12-/m0/s1. The summed E-state index contributed by atoms with van der Waals surface area (Å²) >= 11 is 0. The maximum atomic E-state index is 13.8. The molecule has 0 spiro atoms. The summed E-state index contributed by atoms with van der Waals surface area (Å²) in [5.41, 5.74) is 0. The van der Waals surface area contributed by atoms with E-state index in [-0.39, 0.29) is 38.8 Å². The largest absolute Gasteiger partial charge is 0.335 e. The van der Waals surface area contributed by atoms with Crippen LogP contribution < -0.4 is 15.5 Å². The summed E-state index contributed by atoms with van der Waals surface area (Å²) in [4.78, 5) is 23.4. The first-order chi connectivity index (χ1) is 13.1. The molecular formula is C17H25F2N4O4S+. The maximum absolute atomic E-state index is 13.8. The molecule has 1 fully saturated rings. The molecule has 0 radical (unpaired) electrons. The summed E-state index contributed by atoms with van der Waals surface area (Å²) < 4.78 is 53.8. The molecule has 8 nitrogen and oxygen atoms in total. The molecule has 1 aromatic rings. The Morgan fingerprint density at radius 3 is 2.32 bits per heavy atom. The van der Waals surface area contributed by atoms with Gasteiger partial charge in [0.1, 0.15) is 11.6 Å². The predicted molar refractivity (Wildman–Crippen MR) is 97.1 cm³/mol. The van der Waals surface area contributed by atoms with Gasteiger partial charge in [-0.2, -0.15) is 4.31 Å². The van der Waals surface area contributed by atoms with Crippen LogP contribution >= 0.6 is 0 Å². The lowest BCUT2D eigenvalue weighted by Crippen LogP contribution is -3.15. The Morgan fingerprint density at radius 1 is 1.21 bits per heavy atom. The number of carbonyl (C=O) groups is 2. The van der Waals surface area contributed by atoms with E-state index < -0.39 is 38.5 Å². The van der Waals surface area contributed by atoms with Crippen LogP contribution in [0.15, 0.2) is 23.1 Å². The van der Waals surface area contributed by atoms with Crippen molar-refractivity contribution in [3.05, 3.63) is 29.8 Å². The van der Waals surface area contributed by atoms with Crippen LogP contribution in [0, 0.1) is 11.6 Å². The summed E-state index contributed by atoms with van der Waals surface area (Å²) in [7, 11) is -4.31. The minimum absolute atomic E-state index is 0.00409. The van der Waals surface area contributed by atoms with Crippen LogP contribution in [-0.2, 0) is 14.8 Å². The zero-order chi connectivity index (χ0) is 20.9. The van der Waals surface area contributed by atoms with E-state index in [1.807, 2.05) is 13.8 Å². The van der Waals surface area contributed by atoms with Crippen LogP contribution in [0.2, 0.25) is 0 Å². The second kappa shape index (κ2) is 9.39. The number of carbonyl (C=O) groups excluding carboxylic acids is 2. The number of quaternary nitrogens is 1.